The molecule has 1 atom stereocenters. The van der Waals surface area contributed by atoms with Gasteiger partial charge >= 0.3 is 6.03 Å². The summed E-state index contributed by atoms with van der Waals surface area (Å²) in [5.74, 6) is 0.910. The van der Waals surface area contributed by atoms with Gasteiger partial charge in [-0.15, -0.1) is 0 Å². The zero-order valence-corrected chi connectivity index (χ0v) is 12.8. The van der Waals surface area contributed by atoms with Gasteiger partial charge in [-0.1, -0.05) is 0 Å². The normalized spacial score (nSPS) is 18.1. The minimum Gasteiger partial charge on any atom is -0.497 e. The van der Waals surface area contributed by atoms with Gasteiger partial charge in [0.05, 0.1) is 13.7 Å². The number of amides is 3. The highest BCUT2D eigenvalue weighted by Crippen LogP contribution is 2.19. The zero-order valence-electron chi connectivity index (χ0n) is 12.8. The van der Waals surface area contributed by atoms with E-state index in [1.165, 1.54) is 0 Å². The summed E-state index contributed by atoms with van der Waals surface area (Å²) < 4.78 is 10.5. The molecule has 22 heavy (non-hydrogen) atoms. The molecular weight excluding hydrogens is 288 g/mol. The van der Waals surface area contributed by atoms with Gasteiger partial charge < -0.3 is 19.9 Å². The molecule has 1 aromatic carbocycles. The van der Waals surface area contributed by atoms with Gasteiger partial charge in [0.2, 0.25) is 0 Å². The van der Waals surface area contributed by atoms with Gasteiger partial charge in [0, 0.05) is 0 Å². The lowest BCUT2D eigenvalue weighted by atomic mass is 10.1. The van der Waals surface area contributed by atoms with E-state index in [9.17, 15) is 14.7 Å². The summed E-state index contributed by atoms with van der Waals surface area (Å²) in [6.07, 6.45) is -0.967. The first-order valence-corrected chi connectivity index (χ1v) is 6.92. The number of aliphatic hydroxyl groups is 1. The molecule has 0 spiro atoms. The number of hydrogen-bond acceptors (Lipinski definition) is 5. The van der Waals surface area contributed by atoms with Gasteiger partial charge in [0.15, 0.2) is 0 Å². The molecule has 0 radical (unpaired) electrons. The van der Waals surface area contributed by atoms with Crippen molar-refractivity contribution in [3.05, 3.63) is 24.3 Å². The molecule has 3 amide bonds. The maximum absolute atomic E-state index is 12.0. The average molecular weight is 308 g/mol. The largest absolute Gasteiger partial charge is 0.497 e. The number of carbonyl (C=O) groups excluding carboxylic acids is 2. The van der Waals surface area contributed by atoms with E-state index in [0.717, 1.165) is 4.90 Å². The highest BCUT2D eigenvalue weighted by Gasteiger charge is 2.44. The number of nitrogens with zero attached hydrogens (tertiary/aromatic N) is 1. The third-order valence-electron chi connectivity index (χ3n) is 3.34. The maximum Gasteiger partial charge on any atom is 0.325 e. The van der Waals surface area contributed by atoms with Crippen molar-refractivity contribution >= 4 is 11.9 Å². The van der Waals surface area contributed by atoms with Crippen LogP contribution in [-0.2, 0) is 4.79 Å². The standard InChI is InChI=1S/C15H20N2O5/c1-15(2)13(19)17(14(20)16-15)8-10(18)9-22-12-6-4-11(21-3)5-7-12/h4-7,10,18H,8-9H2,1-3H3,(H,16,20)/t10-/m1/s1. The molecule has 1 saturated heterocycles. The summed E-state index contributed by atoms with van der Waals surface area (Å²) in [5, 5.41) is 12.5. The number of urea groups is 1. The Hall–Kier alpha value is -2.28. The van der Waals surface area contributed by atoms with E-state index in [2.05, 4.69) is 5.32 Å². The number of aliphatic hydroxyl groups excluding tert-OH is 1. The molecule has 0 aliphatic carbocycles. The van der Waals surface area contributed by atoms with Crippen LogP contribution >= 0.6 is 0 Å². The number of carbonyl (C=O) groups is 2. The summed E-state index contributed by atoms with van der Waals surface area (Å²) >= 11 is 0. The summed E-state index contributed by atoms with van der Waals surface area (Å²) in [6.45, 7) is 3.11. The van der Waals surface area contributed by atoms with Crippen LogP contribution in [0.3, 0.4) is 0 Å². The zero-order chi connectivity index (χ0) is 16.3. The summed E-state index contributed by atoms with van der Waals surface area (Å²) in [6, 6.07) is 6.40. The highest BCUT2D eigenvalue weighted by molar-refractivity contribution is 6.06. The lowest BCUT2D eigenvalue weighted by Gasteiger charge is -2.19. The van der Waals surface area contributed by atoms with E-state index in [1.54, 1.807) is 45.2 Å². The summed E-state index contributed by atoms with van der Waals surface area (Å²) in [7, 11) is 1.57. The molecule has 0 bridgehead atoms. The molecule has 2 N–H and O–H groups in total. The van der Waals surface area contributed by atoms with Gasteiger partial charge in [-0.3, -0.25) is 9.69 Å². The molecule has 120 valence electrons. The number of β-amino-alcohol motifs (C(OH)–C–C–N with tert-alkyl or cyclic N) is 1. The smallest absolute Gasteiger partial charge is 0.325 e. The number of imide groups is 1. The predicted octanol–water partition coefficient (Wildman–Crippen LogP) is 0.765. The second-order valence-corrected chi connectivity index (χ2v) is 5.61. The first-order valence-electron chi connectivity index (χ1n) is 6.92. The van der Waals surface area contributed by atoms with Crippen LogP contribution in [0, 0.1) is 0 Å². The third kappa shape index (κ3) is 3.48. The Balaban J connectivity index is 1.86. The molecule has 1 aliphatic heterocycles. The van der Waals surface area contributed by atoms with Crippen LogP contribution in [-0.4, -0.2) is 53.8 Å². The third-order valence-corrected chi connectivity index (χ3v) is 3.34. The van der Waals surface area contributed by atoms with Crippen molar-refractivity contribution in [2.45, 2.75) is 25.5 Å². The Labute approximate surface area is 128 Å². The Kier molecular flexibility index (Phi) is 4.56. The number of benzene rings is 1. The molecule has 1 heterocycles. The second kappa shape index (κ2) is 6.23. The molecular formula is C15H20N2O5. The number of ether oxygens (including phenoxy) is 2. The minimum atomic E-state index is -0.967. The highest BCUT2D eigenvalue weighted by atomic mass is 16.5. The van der Waals surface area contributed by atoms with E-state index >= 15 is 0 Å². The van der Waals surface area contributed by atoms with Crippen molar-refractivity contribution in [2.75, 3.05) is 20.3 Å². The first kappa shape index (κ1) is 16.1. The van der Waals surface area contributed by atoms with Crippen LogP contribution in [0.25, 0.3) is 0 Å². The summed E-state index contributed by atoms with van der Waals surface area (Å²) in [4.78, 5) is 24.7. The van der Waals surface area contributed by atoms with E-state index in [-0.39, 0.29) is 19.1 Å². The number of nitrogens with one attached hydrogen (secondary N) is 1. The predicted molar refractivity (Wildman–Crippen MR) is 78.8 cm³/mol. The van der Waals surface area contributed by atoms with Crippen molar-refractivity contribution in [1.29, 1.82) is 0 Å². The van der Waals surface area contributed by atoms with Crippen molar-refractivity contribution in [3.63, 3.8) is 0 Å². The molecule has 0 unspecified atom stereocenters. The van der Waals surface area contributed by atoms with Crippen molar-refractivity contribution in [3.8, 4) is 11.5 Å². The Morgan fingerprint density at radius 2 is 1.82 bits per heavy atom. The molecule has 0 saturated carbocycles. The quantitative estimate of drug-likeness (QED) is 0.758. The van der Waals surface area contributed by atoms with E-state index < -0.39 is 17.7 Å². The van der Waals surface area contributed by atoms with Crippen LogP contribution in [0.4, 0.5) is 4.79 Å². The SMILES string of the molecule is COc1ccc(OC[C@H](O)CN2C(=O)NC(C)(C)C2=O)cc1. The fraction of sp³-hybridized carbons (Fsp3) is 0.467. The Morgan fingerprint density at radius 1 is 1.23 bits per heavy atom. The lowest BCUT2D eigenvalue weighted by Crippen LogP contribution is -2.42. The van der Waals surface area contributed by atoms with Gasteiger partial charge in [-0.2, -0.15) is 0 Å². The van der Waals surface area contributed by atoms with Gasteiger partial charge in [0.25, 0.3) is 5.91 Å². The molecule has 0 aromatic heterocycles. The van der Waals surface area contributed by atoms with Gasteiger partial charge in [-0.05, 0) is 38.1 Å². The lowest BCUT2D eigenvalue weighted by molar-refractivity contribution is -0.131. The van der Waals surface area contributed by atoms with Crippen molar-refractivity contribution in [1.82, 2.24) is 10.2 Å². The van der Waals surface area contributed by atoms with E-state index in [1.807, 2.05) is 0 Å². The average Bonchev–Trinajstić information content (AvgIpc) is 2.67. The maximum atomic E-state index is 12.0. The molecule has 1 fully saturated rings. The van der Waals surface area contributed by atoms with E-state index in [4.69, 9.17) is 9.47 Å². The second-order valence-electron chi connectivity index (χ2n) is 5.61. The van der Waals surface area contributed by atoms with Crippen LogP contribution in [0.15, 0.2) is 24.3 Å². The molecule has 2 rings (SSSR count). The van der Waals surface area contributed by atoms with Crippen LogP contribution in [0.2, 0.25) is 0 Å². The summed E-state index contributed by atoms with van der Waals surface area (Å²) in [5.41, 5.74) is -0.937. The minimum absolute atomic E-state index is 0.0240. The number of hydrogen-bond donors (Lipinski definition) is 2. The molecule has 1 aromatic rings. The number of methoxy groups -OCH3 is 1. The Bertz CT molecular complexity index is 556. The molecule has 7 heteroatoms. The van der Waals surface area contributed by atoms with Gasteiger partial charge in [-0.25, -0.2) is 4.79 Å². The fourth-order valence-electron chi connectivity index (χ4n) is 2.11. The Morgan fingerprint density at radius 3 is 2.32 bits per heavy atom. The van der Waals surface area contributed by atoms with Crippen molar-refractivity contribution < 1.29 is 24.2 Å². The fourth-order valence-corrected chi connectivity index (χ4v) is 2.11. The van der Waals surface area contributed by atoms with Crippen LogP contribution < -0.4 is 14.8 Å². The van der Waals surface area contributed by atoms with E-state index in [0.29, 0.717) is 11.5 Å². The molecule has 7 nitrogen and oxygen atoms in total. The van der Waals surface area contributed by atoms with Crippen LogP contribution in [0.5, 0.6) is 11.5 Å². The van der Waals surface area contributed by atoms with Crippen LogP contribution in [0.1, 0.15) is 13.8 Å². The van der Waals surface area contributed by atoms with Crippen molar-refractivity contribution in [2.24, 2.45) is 0 Å². The topological polar surface area (TPSA) is 88.1 Å². The monoisotopic (exact) mass is 308 g/mol. The first-order chi connectivity index (χ1) is 10.3. The molecule has 1 aliphatic rings. The number of rotatable bonds is 6. The van der Waals surface area contributed by atoms with Gasteiger partial charge in [0.1, 0.15) is 29.7 Å².